The van der Waals surface area contributed by atoms with E-state index in [9.17, 15) is 9.67 Å². The highest BCUT2D eigenvalue weighted by molar-refractivity contribution is 7.46. The summed E-state index contributed by atoms with van der Waals surface area (Å²) in [4.78, 5) is 17.0. The van der Waals surface area contributed by atoms with Gasteiger partial charge >= 0.3 is 7.82 Å². The molecule has 0 aromatic carbocycles. The molecular weight excluding hydrogens is 291 g/mol. The molecule has 128 valence electrons. The summed E-state index contributed by atoms with van der Waals surface area (Å²) in [6, 6.07) is 0. The number of rotatable bonds is 15. The third kappa shape index (κ3) is 18.0. The third-order valence-corrected chi connectivity index (χ3v) is 4.12. The number of aliphatic hydroxyl groups is 1. The Labute approximate surface area is 129 Å². The topological polar surface area (TPSA) is 87.0 Å². The van der Waals surface area contributed by atoms with Gasteiger partial charge in [-0.25, -0.2) is 4.57 Å². The Morgan fingerprint density at radius 2 is 1.33 bits per heavy atom. The summed E-state index contributed by atoms with van der Waals surface area (Å²) in [6.07, 6.45) is 13.0. The van der Waals surface area contributed by atoms with Crippen LogP contribution in [0.3, 0.4) is 0 Å². The van der Waals surface area contributed by atoms with Crippen molar-refractivity contribution in [2.24, 2.45) is 0 Å². The van der Waals surface area contributed by atoms with Crippen LogP contribution in [0.5, 0.6) is 0 Å². The van der Waals surface area contributed by atoms with E-state index < -0.39 is 13.9 Å². The van der Waals surface area contributed by atoms with Crippen LogP contribution in [0, 0.1) is 0 Å². The number of hydrogen-bond acceptors (Lipinski definition) is 3. The Bertz CT molecular complexity index is 267. The molecule has 6 heteroatoms. The zero-order chi connectivity index (χ0) is 16.0. The minimum Gasteiger partial charge on any atom is -0.393 e. The highest BCUT2D eigenvalue weighted by atomic mass is 31.2. The van der Waals surface area contributed by atoms with Gasteiger partial charge in [-0.1, -0.05) is 71.1 Å². The molecule has 0 radical (unpaired) electrons. The Kier molecular flexibility index (Phi) is 13.8. The smallest absolute Gasteiger partial charge is 0.393 e. The van der Waals surface area contributed by atoms with Crippen molar-refractivity contribution in [3.63, 3.8) is 0 Å². The van der Waals surface area contributed by atoms with Gasteiger partial charge in [0.1, 0.15) is 0 Å². The second kappa shape index (κ2) is 13.7. The molecule has 0 bridgehead atoms. The maximum Gasteiger partial charge on any atom is 0.469 e. The molecule has 0 aliphatic rings. The van der Waals surface area contributed by atoms with Crippen LogP contribution in [-0.4, -0.2) is 27.6 Å². The fourth-order valence-electron chi connectivity index (χ4n) is 2.32. The summed E-state index contributed by atoms with van der Waals surface area (Å²) < 4.78 is 14.8. The lowest BCUT2D eigenvalue weighted by molar-refractivity contribution is 0.114. The molecule has 0 fully saturated rings. The molecule has 0 aliphatic carbocycles. The number of unbranched alkanes of at least 4 members (excludes halogenated alkanes) is 9. The van der Waals surface area contributed by atoms with Crippen molar-refractivity contribution in [3.05, 3.63) is 0 Å². The van der Waals surface area contributed by atoms with Crippen molar-refractivity contribution >= 4 is 7.82 Å². The van der Waals surface area contributed by atoms with Gasteiger partial charge in [0, 0.05) is 0 Å². The van der Waals surface area contributed by atoms with Gasteiger partial charge in [-0.15, -0.1) is 0 Å². The largest absolute Gasteiger partial charge is 0.469 e. The van der Waals surface area contributed by atoms with Crippen molar-refractivity contribution in [1.29, 1.82) is 0 Å². The van der Waals surface area contributed by atoms with Crippen LogP contribution in [-0.2, 0) is 9.09 Å². The first-order valence-electron chi connectivity index (χ1n) is 8.34. The van der Waals surface area contributed by atoms with E-state index in [4.69, 9.17) is 9.79 Å². The SMILES string of the molecule is CCCCCCCCCCCCC(O)CCOP(=O)(O)O. The van der Waals surface area contributed by atoms with E-state index in [0.717, 1.165) is 12.8 Å². The first-order chi connectivity index (χ1) is 9.95. The normalized spacial score (nSPS) is 13.5. The molecule has 21 heavy (non-hydrogen) atoms. The molecule has 0 spiro atoms. The Morgan fingerprint density at radius 3 is 1.81 bits per heavy atom. The second-order valence-corrected chi connectivity index (χ2v) is 6.98. The van der Waals surface area contributed by atoms with Gasteiger partial charge in [-0.05, 0) is 12.8 Å². The van der Waals surface area contributed by atoms with Crippen LogP contribution >= 0.6 is 7.82 Å². The zero-order valence-electron chi connectivity index (χ0n) is 13.4. The number of aliphatic hydroxyl groups excluding tert-OH is 1. The highest BCUT2D eigenvalue weighted by Crippen LogP contribution is 2.35. The van der Waals surface area contributed by atoms with Crippen molar-refractivity contribution < 1.29 is 24.0 Å². The minimum absolute atomic E-state index is 0.0940. The molecule has 0 aliphatic heterocycles. The van der Waals surface area contributed by atoms with Crippen LogP contribution < -0.4 is 0 Å². The van der Waals surface area contributed by atoms with Gasteiger partial charge in [0.25, 0.3) is 0 Å². The number of hydrogen-bond donors (Lipinski definition) is 3. The van der Waals surface area contributed by atoms with Gasteiger partial charge in [0.15, 0.2) is 0 Å². The van der Waals surface area contributed by atoms with Gasteiger partial charge in [0.2, 0.25) is 0 Å². The van der Waals surface area contributed by atoms with Crippen LogP contribution in [0.25, 0.3) is 0 Å². The van der Waals surface area contributed by atoms with E-state index in [1.54, 1.807) is 0 Å². The van der Waals surface area contributed by atoms with E-state index in [-0.39, 0.29) is 13.0 Å². The highest BCUT2D eigenvalue weighted by Gasteiger charge is 2.14. The van der Waals surface area contributed by atoms with Crippen LogP contribution in [0.15, 0.2) is 0 Å². The summed E-state index contributed by atoms with van der Waals surface area (Å²) in [6.45, 7) is 2.13. The predicted molar refractivity (Wildman–Crippen MR) is 85.1 cm³/mol. The van der Waals surface area contributed by atoms with Crippen LogP contribution in [0.1, 0.15) is 84.0 Å². The summed E-state index contributed by atoms with van der Waals surface area (Å²) in [5.41, 5.74) is 0. The second-order valence-electron chi connectivity index (χ2n) is 5.74. The first-order valence-corrected chi connectivity index (χ1v) is 9.87. The van der Waals surface area contributed by atoms with E-state index >= 15 is 0 Å². The third-order valence-electron chi connectivity index (χ3n) is 3.60. The van der Waals surface area contributed by atoms with Crippen LogP contribution in [0.4, 0.5) is 0 Å². The number of phosphoric acid groups is 1. The van der Waals surface area contributed by atoms with E-state index in [2.05, 4.69) is 11.4 Å². The van der Waals surface area contributed by atoms with Crippen molar-refractivity contribution in [3.8, 4) is 0 Å². The standard InChI is InChI=1S/C15H33O5P/c1-2-3-4-5-6-7-8-9-10-11-12-15(16)13-14-20-21(17,18)19/h15-16H,2-14H2,1H3,(H2,17,18,19). The molecule has 5 nitrogen and oxygen atoms in total. The quantitative estimate of drug-likeness (QED) is 0.311. The predicted octanol–water partition coefficient (Wildman–Crippen LogP) is 4.16. The van der Waals surface area contributed by atoms with E-state index in [0.29, 0.717) is 6.42 Å². The lowest BCUT2D eigenvalue weighted by Crippen LogP contribution is -2.09. The molecule has 0 amide bonds. The molecule has 0 saturated carbocycles. The maximum atomic E-state index is 10.4. The summed E-state index contributed by atoms with van der Waals surface area (Å²) in [5, 5.41) is 9.64. The molecule has 3 N–H and O–H groups in total. The van der Waals surface area contributed by atoms with Crippen molar-refractivity contribution in [2.75, 3.05) is 6.61 Å². The van der Waals surface area contributed by atoms with Gasteiger partial charge in [-0.2, -0.15) is 0 Å². The van der Waals surface area contributed by atoms with E-state index in [1.807, 2.05) is 0 Å². The maximum absolute atomic E-state index is 10.4. The molecule has 0 aromatic heterocycles. The lowest BCUT2D eigenvalue weighted by Gasteiger charge is -2.11. The molecule has 0 heterocycles. The molecular formula is C15H33O5P. The van der Waals surface area contributed by atoms with Crippen LogP contribution in [0.2, 0.25) is 0 Å². The Morgan fingerprint density at radius 1 is 0.857 bits per heavy atom. The fourth-order valence-corrected chi connectivity index (χ4v) is 2.66. The zero-order valence-corrected chi connectivity index (χ0v) is 14.3. The summed E-state index contributed by atoms with van der Waals surface area (Å²) in [5.74, 6) is 0. The molecule has 1 atom stereocenters. The monoisotopic (exact) mass is 324 g/mol. The van der Waals surface area contributed by atoms with Gasteiger partial charge in [-0.3, -0.25) is 4.52 Å². The molecule has 0 rings (SSSR count). The minimum atomic E-state index is -4.39. The average Bonchev–Trinajstić information content (AvgIpc) is 2.39. The van der Waals surface area contributed by atoms with Crippen molar-refractivity contribution in [1.82, 2.24) is 0 Å². The van der Waals surface area contributed by atoms with Crippen molar-refractivity contribution in [2.45, 2.75) is 90.1 Å². The molecule has 0 aromatic rings. The summed E-state index contributed by atoms with van der Waals surface area (Å²) >= 11 is 0. The lowest BCUT2D eigenvalue weighted by atomic mass is 10.0. The van der Waals surface area contributed by atoms with Gasteiger partial charge in [0.05, 0.1) is 12.7 Å². The van der Waals surface area contributed by atoms with Gasteiger partial charge < -0.3 is 14.9 Å². The van der Waals surface area contributed by atoms with E-state index in [1.165, 1.54) is 51.4 Å². The first kappa shape index (κ1) is 21.1. The number of phosphoric ester groups is 1. The molecule has 0 saturated heterocycles. The fraction of sp³-hybridized carbons (Fsp3) is 1.00. The Hall–Kier alpha value is 0.0700. The summed E-state index contributed by atoms with van der Waals surface area (Å²) in [7, 11) is -4.39. The Balaban J connectivity index is 3.21. The molecule has 1 unspecified atom stereocenters. The average molecular weight is 324 g/mol.